The minimum atomic E-state index is -1.01. The Balaban J connectivity index is 2.97. The fourth-order valence-corrected chi connectivity index (χ4v) is 1.64. The van der Waals surface area contributed by atoms with Gasteiger partial charge in [-0.25, -0.2) is 4.39 Å². The quantitative estimate of drug-likeness (QED) is 0.882. The van der Waals surface area contributed by atoms with E-state index in [-0.39, 0.29) is 17.9 Å². The molecular formula is C13H16FNO4. The summed E-state index contributed by atoms with van der Waals surface area (Å²) in [5.41, 5.74) is -0.190. The second-order valence-corrected chi connectivity index (χ2v) is 4.24. The number of carbonyl (C=O) groups excluding carboxylic acids is 1. The van der Waals surface area contributed by atoms with Crippen LogP contribution in [0.25, 0.3) is 0 Å². The number of ether oxygens (including phenoxy) is 1. The number of rotatable bonds is 5. The summed E-state index contributed by atoms with van der Waals surface area (Å²) >= 11 is 0. The molecule has 0 aliphatic rings. The summed E-state index contributed by atoms with van der Waals surface area (Å²) in [7, 11) is 2.76. The number of methoxy groups -OCH3 is 1. The van der Waals surface area contributed by atoms with Crippen LogP contribution in [0.4, 0.5) is 4.39 Å². The molecule has 0 bridgehead atoms. The van der Waals surface area contributed by atoms with E-state index in [2.05, 4.69) is 0 Å². The predicted molar refractivity (Wildman–Crippen MR) is 66.7 cm³/mol. The fraction of sp³-hybridized carbons (Fsp3) is 0.385. The summed E-state index contributed by atoms with van der Waals surface area (Å²) in [4.78, 5) is 24.0. The van der Waals surface area contributed by atoms with E-state index in [1.54, 1.807) is 0 Å². The van der Waals surface area contributed by atoms with Gasteiger partial charge in [-0.05, 0) is 12.1 Å². The number of carbonyl (C=O) groups is 2. The molecule has 1 atom stereocenters. The van der Waals surface area contributed by atoms with E-state index in [9.17, 15) is 14.0 Å². The van der Waals surface area contributed by atoms with Crippen molar-refractivity contribution < 1.29 is 23.8 Å². The third-order valence-electron chi connectivity index (χ3n) is 2.73. The Bertz CT molecular complexity index is 490. The summed E-state index contributed by atoms with van der Waals surface area (Å²) in [6.45, 7) is 1.47. The third kappa shape index (κ3) is 3.43. The van der Waals surface area contributed by atoms with Gasteiger partial charge in [0.25, 0.3) is 5.91 Å². The maximum absolute atomic E-state index is 13.7. The van der Waals surface area contributed by atoms with Crippen LogP contribution in [-0.2, 0) is 4.79 Å². The Morgan fingerprint density at radius 1 is 1.47 bits per heavy atom. The van der Waals surface area contributed by atoms with Gasteiger partial charge in [-0.2, -0.15) is 0 Å². The van der Waals surface area contributed by atoms with Crippen molar-refractivity contribution in [3.05, 3.63) is 29.6 Å². The van der Waals surface area contributed by atoms with Crippen LogP contribution >= 0.6 is 0 Å². The highest BCUT2D eigenvalue weighted by Crippen LogP contribution is 2.22. The highest BCUT2D eigenvalue weighted by atomic mass is 19.1. The molecule has 1 aromatic rings. The van der Waals surface area contributed by atoms with Gasteiger partial charge in [-0.3, -0.25) is 9.59 Å². The molecule has 1 unspecified atom stereocenters. The van der Waals surface area contributed by atoms with Crippen LogP contribution in [0.15, 0.2) is 18.2 Å². The van der Waals surface area contributed by atoms with Crippen molar-refractivity contribution in [1.29, 1.82) is 0 Å². The molecule has 0 aliphatic heterocycles. The summed E-state index contributed by atoms with van der Waals surface area (Å²) in [5, 5.41) is 8.80. The zero-order chi connectivity index (χ0) is 14.6. The minimum absolute atomic E-state index is 0.00828. The lowest BCUT2D eigenvalue weighted by Crippen LogP contribution is -2.34. The average molecular weight is 269 g/mol. The van der Waals surface area contributed by atoms with Gasteiger partial charge < -0.3 is 14.7 Å². The third-order valence-corrected chi connectivity index (χ3v) is 2.73. The molecule has 1 aromatic carbocycles. The van der Waals surface area contributed by atoms with Crippen molar-refractivity contribution in [1.82, 2.24) is 4.90 Å². The fourth-order valence-electron chi connectivity index (χ4n) is 1.64. The van der Waals surface area contributed by atoms with Crippen LogP contribution in [0.1, 0.15) is 17.3 Å². The number of halogens is 1. The van der Waals surface area contributed by atoms with Gasteiger partial charge in [0.2, 0.25) is 0 Å². The smallest absolute Gasteiger partial charge is 0.308 e. The lowest BCUT2D eigenvalue weighted by atomic mass is 10.1. The molecule has 6 heteroatoms. The van der Waals surface area contributed by atoms with Gasteiger partial charge >= 0.3 is 5.97 Å². The van der Waals surface area contributed by atoms with Crippen molar-refractivity contribution in [2.24, 2.45) is 5.92 Å². The Morgan fingerprint density at radius 3 is 2.63 bits per heavy atom. The van der Waals surface area contributed by atoms with Gasteiger partial charge in [0.1, 0.15) is 17.1 Å². The van der Waals surface area contributed by atoms with E-state index in [0.29, 0.717) is 0 Å². The Labute approximate surface area is 110 Å². The standard InChI is InChI=1S/C13H16FNO4/c1-8(13(17)18)7-15(2)12(16)11-9(14)5-4-6-10(11)19-3/h4-6,8H,7H2,1-3H3,(H,17,18). The summed E-state index contributed by atoms with van der Waals surface area (Å²) in [5.74, 6) is -2.92. The van der Waals surface area contributed by atoms with Crippen LogP contribution in [0, 0.1) is 11.7 Å². The summed E-state index contributed by atoms with van der Waals surface area (Å²) in [6, 6.07) is 4.07. The summed E-state index contributed by atoms with van der Waals surface area (Å²) in [6.07, 6.45) is 0. The van der Waals surface area contributed by atoms with E-state index in [4.69, 9.17) is 9.84 Å². The van der Waals surface area contributed by atoms with E-state index >= 15 is 0 Å². The first-order valence-electron chi connectivity index (χ1n) is 5.69. The molecule has 0 spiro atoms. The second-order valence-electron chi connectivity index (χ2n) is 4.24. The number of benzene rings is 1. The van der Waals surface area contributed by atoms with E-state index in [1.807, 2.05) is 0 Å². The molecule has 1 rings (SSSR count). The Kier molecular flexibility index (Phi) is 4.86. The second kappa shape index (κ2) is 6.17. The molecule has 0 heterocycles. The first kappa shape index (κ1) is 14.9. The van der Waals surface area contributed by atoms with Crippen molar-refractivity contribution in [2.75, 3.05) is 20.7 Å². The van der Waals surface area contributed by atoms with Gasteiger partial charge in [0.15, 0.2) is 0 Å². The lowest BCUT2D eigenvalue weighted by Gasteiger charge is -2.20. The minimum Gasteiger partial charge on any atom is -0.496 e. The van der Waals surface area contributed by atoms with Crippen molar-refractivity contribution in [3.63, 3.8) is 0 Å². The first-order valence-corrected chi connectivity index (χ1v) is 5.69. The van der Waals surface area contributed by atoms with Gasteiger partial charge in [0, 0.05) is 13.6 Å². The number of hydrogen-bond donors (Lipinski definition) is 1. The molecule has 104 valence electrons. The lowest BCUT2D eigenvalue weighted by molar-refractivity contribution is -0.141. The molecule has 1 N–H and O–H groups in total. The SMILES string of the molecule is COc1cccc(F)c1C(=O)N(C)CC(C)C(=O)O. The number of aliphatic carboxylic acids is 1. The number of carboxylic acids is 1. The number of nitrogens with zero attached hydrogens (tertiary/aromatic N) is 1. The number of hydrogen-bond acceptors (Lipinski definition) is 3. The highest BCUT2D eigenvalue weighted by Gasteiger charge is 2.23. The molecule has 0 fully saturated rings. The highest BCUT2D eigenvalue weighted by molar-refractivity contribution is 5.97. The summed E-state index contributed by atoms with van der Waals surface area (Å²) < 4.78 is 18.6. The largest absolute Gasteiger partial charge is 0.496 e. The van der Waals surface area contributed by atoms with E-state index in [0.717, 1.165) is 6.07 Å². The van der Waals surface area contributed by atoms with Crippen LogP contribution in [-0.4, -0.2) is 42.6 Å². The monoisotopic (exact) mass is 269 g/mol. The maximum Gasteiger partial charge on any atom is 0.308 e. The van der Waals surface area contributed by atoms with Gasteiger partial charge in [0.05, 0.1) is 13.0 Å². The molecule has 0 saturated heterocycles. The molecule has 1 amide bonds. The average Bonchev–Trinajstić information content (AvgIpc) is 2.37. The molecule has 19 heavy (non-hydrogen) atoms. The van der Waals surface area contributed by atoms with Gasteiger partial charge in [-0.15, -0.1) is 0 Å². The predicted octanol–water partition coefficient (Wildman–Crippen LogP) is 1.63. The van der Waals surface area contributed by atoms with Crippen LogP contribution in [0.3, 0.4) is 0 Å². The van der Waals surface area contributed by atoms with E-state index in [1.165, 1.54) is 38.1 Å². The molecule has 0 aromatic heterocycles. The van der Waals surface area contributed by atoms with Crippen molar-refractivity contribution >= 4 is 11.9 Å². The van der Waals surface area contributed by atoms with E-state index < -0.39 is 23.6 Å². The van der Waals surface area contributed by atoms with Crippen LogP contribution < -0.4 is 4.74 Å². The van der Waals surface area contributed by atoms with Crippen molar-refractivity contribution in [2.45, 2.75) is 6.92 Å². The zero-order valence-corrected chi connectivity index (χ0v) is 11.0. The Hall–Kier alpha value is -2.11. The molecule has 5 nitrogen and oxygen atoms in total. The molecular weight excluding hydrogens is 253 g/mol. The molecule has 0 saturated carbocycles. The van der Waals surface area contributed by atoms with Crippen LogP contribution in [0.5, 0.6) is 5.75 Å². The normalized spacial score (nSPS) is 11.8. The first-order chi connectivity index (χ1) is 8.88. The van der Waals surface area contributed by atoms with Gasteiger partial charge in [-0.1, -0.05) is 13.0 Å². The number of amides is 1. The topological polar surface area (TPSA) is 66.8 Å². The van der Waals surface area contributed by atoms with Crippen LogP contribution in [0.2, 0.25) is 0 Å². The number of carboxylic acid groups (broad SMARTS) is 1. The van der Waals surface area contributed by atoms with Crippen molar-refractivity contribution in [3.8, 4) is 5.75 Å². The molecule has 0 aliphatic carbocycles. The molecule has 0 radical (unpaired) electrons. The maximum atomic E-state index is 13.7. The zero-order valence-electron chi connectivity index (χ0n) is 11.0. The Morgan fingerprint density at radius 2 is 2.11 bits per heavy atom.